The van der Waals surface area contributed by atoms with Crippen molar-refractivity contribution in [2.45, 2.75) is 6.04 Å². The molecule has 0 unspecified atom stereocenters. The zero-order valence-corrected chi connectivity index (χ0v) is 19.4. The van der Waals surface area contributed by atoms with E-state index in [1.807, 2.05) is 66.7 Å². The van der Waals surface area contributed by atoms with Gasteiger partial charge in [-0.2, -0.15) is 0 Å². The van der Waals surface area contributed by atoms with Crippen LogP contribution in [0.4, 0.5) is 5.69 Å². The molecule has 168 valence electrons. The number of halogens is 1. The minimum Gasteiger partial charge on any atom is -0.371 e. The molecule has 2 aromatic heterocycles. The van der Waals surface area contributed by atoms with Crippen molar-refractivity contribution >= 4 is 28.2 Å². The van der Waals surface area contributed by atoms with Crippen LogP contribution in [0.15, 0.2) is 88.5 Å². The molecule has 0 spiro atoms. The highest BCUT2D eigenvalue weighted by molar-refractivity contribution is 6.30. The Bertz CT molecular complexity index is 1700. The molecule has 1 N–H and O–H groups in total. The average molecular weight is 469 g/mol. The van der Waals surface area contributed by atoms with Crippen molar-refractivity contribution in [3.63, 3.8) is 0 Å². The molecule has 0 aliphatic carbocycles. The molecule has 6 rings (SSSR count). The lowest BCUT2D eigenvalue weighted by Crippen LogP contribution is -2.37. The van der Waals surface area contributed by atoms with Gasteiger partial charge in [-0.05, 0) is 35.4 Å². The number of hydrogen-bond donors (Lipinski definition) is 1. The minimum atomic E-state index is -0.362. The molecular weight excluding hydrogens is 448 g/mol. The number of aryl methyl sites for hydroxylation is 1. The molecule has 0 radical (unpaired) electrons. The molecule has 0 saturated carbocycles. The number of nitrogens with one attached hydrogen (secondary N) is 1. The van der Waals surface area contributed by atoms with Crippen molar-refractivity contribution in [1.29, 1.82) is 0 Å². The van der Waals surface area contributed by atoms with Crippen molar-refractivity contribution in [3.8, 4) is 16.9 Å². The molecule has 5 aromatic rings. The maximum atomic E-state index is 13.6. The second kappa shape index (κ2) is 7.50. The van der Waals surface area contributed by atoms with Gasteiger partial charge in [-0.3, -0.25) is 13.9 Å². The summed E-state index contributed by atoms with van der Waals surface area (Å²) in [7, 11) is 3.24. The second-order valence-electron chi connectivity index (χ2n) is 8.51. The predicted molar refractivity (Wildman–Crippen MR) is 136 cm³/mol. The molecule has 1 aliphatic heterocycles. The monoisotopic (exact) mass is 468 g/mol. The number of rotatable bonds is 2. The number of hydrogen-bond acceptors (Lipinski definition) is 3. The van der Waals surface area contributed by atoms with Crippen molar-refractivity contribution < 1.29 is 0 Å². The van der Waals surface area contributed by atoms with E-state index in [4.69, 9.17) is 11.6 Å². The Kier molecular flexibility index (Phi) is 4.54. The fraction of sp³-hybridized carbons (Fsp3) is 0.111. The topological polar surface area (TPSA) is 61.0 Å². The third kappa shape index (κ3) is 2.82. The highest BCUT2D eigenvalue weighted by Crippen LogP contribution is 2.45. The third-order valence-electron chi connectivity index (χ3n) is 6.58. The lowest BCUT2D eigenvalue weighted by atomic mass is 9.99. The molecule has 0 bridgehead atoms. The van der Waals surface area contributed by atoms with Gasteiger partial charge >= 0.3 is 5.69 Å². The fourth-order valence-electron chi connectivity index (χ4n) is 4.99. The number of benzene rings is 3. The van der Waals surface area contributed by atoms with Crippen molar-refractivity contribution in [2.24, 2.45) is 14.1 Å². The number of para-hydroxylation sites is 2. The number of fused-ring (bicyclic) bond motifs is 5. The van der Waals surface area contributed by atoms with Gasteiger partial charge in [0.25, 0.3) is 5.56 Å². The standard InChI is InChI=1S/C27H21ClN4O2/c1-30-24-21(26(33)31(2)27(30)34)23(17-12-14-18(28)15-13-17)32-20-11-7-6-10-19(20)29-22(25(24)32)16-8-4-3-5-9-16/h3-15,22,29H,1-2H3/t22-/m1/s1. The zero-order chi connectivity index (χ0) is 23.6. The van der Waals surface area contributed by atoms with E-state index < -0.39 is 0 Å². The lowest BCUT2D eigenvalue weighted by molar-refractivity contribution is 0.708. The predicted octanol–water partition coefficient (Wildman–Crippen LogP) is 4.86. The summed E-state index contributed by atoms with van der Waals surface area (Å²) in [5.74, 6) is 0. The summed E-state index contributed by atoms with van der Waals surface area (Å²) in [5.41, 5.74) is 5.27. The molecule has 6 nitrogen and oxygen atoms in total. The first-order valence-electron chi connectivity index (χ1n) is 11.0. The third-order valence-corrected chi connectivity index (χ3v) is 6.83. The van der Waals surface area contributed by atoms with Crippen LogP contribution in [0, 0.1) is 0 Å². The fourth-order valence-corrected chi connectivity index (χ4v) is 5.12. The van der Waals surface area contributed by atoms with Gasteiger partial charge in [-0.25, -0.2) is 4.79 Å². The van der Waals surface area contributed by atoms with Crippen LogP contribution in [0.25, 0.3) is 27.8 Å². The highest BCUT2D eigenvalue weighted by Gasteiger charge is 2.34. The Morgan fingerprint density at radius 1 is 0.824 bits per heavy atom. The normalized spacial score (nSPS) is 14.5. The van der Waals surface area contributed by atoms with Gasteiger partial charge in [-0.1, -0.05) is 66.2 Å². The van der Waals surface area contributed by atoms with E-state index in [1.165, 1.54) is 11.6 Å². The minimum absolute atomic E-state index is 0.266. The SMILES string of the molecule is Cn1c(=O)c2c(-c3ccc(Cl)cc3)n3c(c2n(C)c1=O)[C@@H](c1ccccc1)Nc1ccccc1-3. The van der Waals surface area contributed by atoms with Crippen LogP contribution < -0.4 is 16.6 Å². The molecule has 3 aromatic carbocycles. The van der Waals surface area contributed by atoms with E-state index in [0.717, 1.165) is 33.9 Å². The van der Waals surface area contributed by atoms with Crippen LogP contribution in [0.1, 0.15) is 17.3 Å². The van der Waals surface area contributed by atoms with E-state index >= 15 is 0 Å². The van der Waals surface area contributed by atoms with E-state index in [9.17, 15) is 9.59 Å². The van der Waals surface area contributed by atoms with Crippen LogP contribution >= 0.6 is 11.6 Å². The van der Waals surface area contributed by atoms with E-state index in [2.05, 4.69) is 22.0 Å². The van der Waals surface area contributed by atoms with E-state index in [1.54, 1.807) is 11.6 Å². The van der Waals surface area contributed by atoms with Gasteiger partial charge in [-0.15, -0.1) is 0 Å². The summed E-state index contributed by atoms with van der Waals surface area (Å²) in [6, 6.07) is 25.3. The number of nitrogens with zero attached hydrogens (tertiary/aromatic N) is 3. The largest absolute Gasteiger partial charge is 0.371 e. The Morgan fingerprint density at radius 2 is 1.50 bits per heavy atom. The quantitative estimate of drug-likeness (QED) is 0.402. The summed E-state index contributed by atoms with van der Waals surface area (Å²) in [6.45, 7) is 0. The molecule has 0 amide bonds. The summed E-state index contributed by atoms with van der Waals surface area (Å²) < 4.78 is 4.87. The number of anilines is 1. The van der Waals surface area contributed by atoms with Crippen LogP contribution in [-0.2, 0) is 14.1 Å². The molecule has 0 fully saturated rings. The Hall–Kier alpha value is -4.03. The maximum Gasteiger partial charge on any atom is 0.331 e. The Morgan fingerprint density at radius 3 is 2.24 bits per heavy atom. The first kappa shape index (κ1) is 20.6. The molecule has 1 atom stereocenters. The summed E-state index contributed by atoms with van der Waals surface area (Å²) in [6.07, 6.45) is 0. The maximum absolute atomic E-state index is 13.6. The first-order valence-corrected chi connectivity index (χ1v) is 11.4. The van der Waals surface area contributed by atoms with Gasteiger partial charge in [0.2, 0.25) is 0 Å². The number of aromatic nitrogens is 3. The summed E-state index contributed by atoms with van der Waals surface area (Å²) in [4.78, 5) is 26.7. The molecule has 0 saturated heterocycles. The molecular formula is C27H21ClN4O2. The first-order chi connectivity index (χ1) is 16.5. The van der Waals surface area contributed by atoms with Crippen LogP contribution in [-0.4, -0.2) is 13.7 Å². The summed E-state index contributed by atoms with van der Waals surface area (Å²) in [5, 5.41) is 4.77. The summed E-state index contributed by atoms with van der Waals surface area (Å²) >= 11 is 6.19. The van der Waals surface area contributed by atoms with Gasteiger partial charge in [0.15, 0.2) is 0 Å². The lowest BCUT2D eigenvalue weighted by Gasteiger charge is -2.31. The van der Waals surface area contributed by atoms with Crippen molar-refractivity contribution in [2.75, 3.05) is 5.32 Å². The van der Waals surface area contributed by atoms with Crippen molar-refractivity contribution in [1.82, 2.24) is 13.7 Å². The second-order valence-corrected chi connectivity index (χ2v) is 8.95. The van der Waals surface area contributed by atoms with Gasteiger partial charge in [0.1, 0.15) is 0 Å². The Balaban J connectivity index is 1.87. The smallest absolute Gasteiger partial charge is 0.331 e. The van der Waals surface area contributed by atoms with Crippen LogP contribution in [0.3, 0.4) is 0 Å². The Labute approximate surface area is 200 Å². The van der Waals surface area contributed by atoms with Crippen LogP contribution in [0.5, 0.6) is 0 Å². The van der Waals surface area contributed by atoms with Gasteiger partial charge in [0, 0.05) is 19.1 Å². The van der Waals surface area contributed by atoms with E-state index in [-0.39, 0.29) is 17.3 Å². The van der Waals surface area contributed by atoms with E-state index in [0.29, 0.717) is 15.9 Å². The van der Waals surface area contributed by atoms with Gasteiger partial charge in [0.05, 0.1) is 39.7 Å². The molecule has 34 heavy (non-hydrogen) atoms. The van der Waals surface area contributed by atoms with Gasteiger partial charge < -0.3 is 9.88 Å². The zero-order valence-electron chi connectivity index (χ0n) is 18.6. The van der Waals surface area contributed by atoms with Crippen molar-refractivity contribution in [3.05, 3.63) is 116 Å². The van der Waals surface area contributed by atoms with Crippen LogP contribution in [0.2, 0.25) is 5.02 Å². The average Bonchev–Trinajstić information content (AvgIpc) is 3.23. The molecule has 3 heterocycles. The highest BCUT2D eigenvalue weighted by atomic mass is 35.5. The molecule has 7 heteroatoms. The molecule has 1 aliphatic rings.